The molecule has 0 saturated heterocycles. The van der Waals surface area contributed by atoms with Gasteiger partial charge in [0.25, 0.3) is 5.56 Å². The van der Waals surface area contributed by atoms with Crippen LogP contribution in [-0.4, -0.2) is 55.0 Å². The van der Waals surface area contributed by atoms with Crippen LogP contribution >= 0.6 is 0 Å². The summed E-state index contributed by atoms with van der Waals surface area (Å²) >= 11 is 0. The zero-order chi connectivity index (χ0) is 16.3. The fraction of sp³-hybridized carbons (Fsp3) is 0.429. The lowest BCUT2D eigenvalue weighted by Gasteiger charge is -2.17. The Morgan fingerprint density at radius 2 is 1.45 bits per heavy atom. The fourth-order valence-corrected chi connectivity index (χ4v) is 2.25. The van der Waals surface area contributed by atoms with Gasteiger partial charge in [-0.3, -0.25) is 13.9 Å². The maximum absolute atomic E-state index is 12.4. The Labute approximate surface area is 125 Å². The van der Waals surface area contributed by atoms with Gasteiger partial charge >= 0.3 is 5.69 Å². The van der Waals surface area contributed by atoms with Crippen molar-refractivity contribution in [1.82, 2.24) is 9.13 Å². The standard InChI is InChI=1S/C14H18N2O6/c17-7-9(19)5-15-12-4-2-1-3-11(12)13(21)16(14(15)22)6-10(20)8-18/h1-4,9-10,17-20H,5-8H2. The van der Waals surface area contributed by atoms with Gasteiger partial charge < -0.3 is 20.4 Å². The molecule has 0 aliphatic rings. The lowest BCUT2D eigenvalue weighted by atomic mass is 10.2. The number of fused-ring (bicyclic) bond motifs is 1. The zero-order valence-electron chi connectivity index (χ0n) is 11.8. The van der Waals surface area contributed by atoms with Crippen LogP contribution in [0.1, 0.15) is 0 Å². The van der Waals surface area contributed by atoms with Crippen molar-refractivity contribution in [2.75, 3.05) is 13.2 Å². The van der Waals surface area contributed by atoms with E-state index in [2.05, 4.69) is 0 Å². The van der Waals surface area contributed by atoms with Gasteiger partial charge in [-0.05, 0) is 12.1 Å². The molecule has 2 rings (SSSR count). The van der Waals surface area contributed by atoms with Gasteiger partial charge in [0.2, 0.25) is 0 Å². The van der Waals surface area contributed by atoms with Crippen LogP contribution in [0.15, 0.2) is 33.9 Å². The molecule has 1 heterocycles. The summed E-state index contributed by atoms with van der Waals surface area (Å²) in [4.78, 5) is 24.8. The van der Waals surface area contributed by atoms with E-state index in [9.17, 15) is 19.8 Å². The van der Waals surface area contributed by atoms with Crippen molar-refractivity contribution < 1.29 is 20.4 Å². The minimum atomic E-state index is -1.25. The molecule has 2 aromatic rings. The lowest BCUT2D eigenvalue weighted by molar-refractivity contribution is 0.0745. The van der Waals surface area contributed by atoms with Gasteiger partial charge in [-0.1, -0.05) is 12.1 Å². The minimum absolute atomic E-state index is 0.189. The smallest absolute Gasteiger partial charge is 0.331 e. The van der Waals surface area contributed by atoms with Crippen LogP contribution in [-0.2, 0) is 13.1 Å². The maximum atomic E-state index is 12.4. The molecule has 0 spiro atoms. The van der Waals surface area contributed by atoms with Crippen molar-refractivity contribution in [2.45, 2.75) is 25.3 Å². The molecule has 1 aromatic heterocycles. The van der Waals surface area contributed by atoms with Crippen molar-refractivity contribution in [3.63, 3.8) is 0 Å². The van der Waals surface area contributed by atoms with Gasteiger partial charge in [0.05, 0.1) is 49.4 Å². The highest BCUT2D eigenvalue weighted by Crippen LogP contribution is 2.08. The molecule has 0 saturated carbocycles. The Kier molecular flexibility index (Phi) is 5.09. The van der Waals surface area contributed by atoms with Crippen LogP contribution in [0.3, 0.4) is 0 Å². The number of para-hydroxylation sites is 1. The maximum Gasteiger partial charge on any atom is 0.331 e. The molecule has 0 bridgehead atoms. The van der Waals surface area contributed by atoms with Gasteiger partial charge in [-0.15, -0.1) is 0 Å². The Morgan fingerprint density at radius 3 is 2.05 bits per heavy atom. The summed E-state index contributed by atoms with van der Waals surface area (Å²) in [5.74, 6) is 0. The number of aliphatic hydroxyl groups excluding tert-OH is 4. The predicted octanol–water partition coefficient (Wildman–Crippen LogP) is -2.13. The van der Waals surface area contributed by atoms with E-state index in [1.54, 1.807) is 18.2 Å². The number of rotatable bonds is 6. The molecule has 4 N–H and O–H groups in total. The van der Waals surface area contributed by atoms with E-state index in [1.807, 2.05) is 0 Å². The summed E-state index contributed by atoms with van der Waals surface area (Å²) in [5, 5.41) is 37.2. The van der Waals surface area contributed by atoms with E-state index in [4.69, 9.17) is 10.2 Å². The summed E-state index contributed by atoms with van der Waals surface area (Å²) in [6.07, 6.45) is -2.40. The van der Waals surface area contributed by atoms with Crippen LogP contribution in [0.2, 0.25) is 0 Å². The third kappa shape index (κ3) is 3.09. The van der Waals surface area contributed by atoms with E-state index < -0.39 is 36.7 Å². The van der Waals surface area contributed by atoms with E-state index >= 15 is 0 Å². The van der Waals surface area contributed by atoms with Crippen LogP contribution < -0.4 is 11.2 Å². The summed E-state index contributed by atoms with van der Waals surface area (Å²) in [6, 6.07) is 6.37. The quantitative estimate of drug-likeness (QED) is 0.483. The second kappa shape index (κ2) is 6.84. The normalized spacial score (nSPS) is 14.2. The first-order valence-corrected chi connectivity index (χ1v) is 6.79. The minimum Gasteiger partial charge on any atom is -0.394 e. The van der Waals surface area contributed by atoms with Crippen LogP contribution in [0.4, 0.5) is 0 Å². The Hall–Kier alpha value is -2.00. The van der Waals surface area contributed by atoms with Gasteiger partial charge in [-0.25, -0.2) is 4.79 Å². The van der Waals surface area contributed by atoms with E-state index in [0.29, 0.717) is 5.52 Å². The highest BCUT2D eigenvalue weighted by atomic mass is 16.3. The number of aromatic nitrogens is 2. The molecule has 22 heavy (non-hydrogen) atoms. The molecule has 0 aliphatic carbocycles. The van der Waals surface area contributed by atoms with Crippen molar-refractivity contribution >= 4 is 10.9 Å². The molecule has 2 unspecified atom stereocenters. The monoisotopic (exact) mass is 310 g/mol. The zero-order valence-corrected chi connectivity index (χ0v) is 11.8. The van der Waals surface area contributed by atoms with E-state index in [-0.39, 0.29) is 18.5 Å². The van der Waals surface area contributed by atoms with Gasteiger partial charge in [0.1, 0.15) is 0 Å². The Bertz CT molecular complexity index is 766. The number of aliphatic hydroxyl groups is 4. The lowest BCUT2D eigenvalue weighted by Crippen LogP contribution is -2.44. The van der Waals surface area contributed by atoms with Crippen LogP contribution in [0, 0.1) is 0 Å². The summed E-state index contributed by atoms with van der Waals surface area (Å²) in [7, 11) is 0. The number of benzene rings is 1. The molecule has 120 valence electrons. The summed E-state index contributed by atoms with van der Waals surface area (Å²) in [6.45, 7) is -1.66. The largest absolute Gasteiger partial charge is 0.394 e. The fourth-order valence-electron chi connectivity index (χ4n) is 2.25. The molecule has 0 radical (unpaired) electrons. The van der Waals surface area contributed by atoms with Crippen molar-refractivity contribution in [2.24, 2.45) is 0 Å². The number of hydrogen-bond acceptors (Lipinski definition) is 6. The average Bonchev–Trinajstić information content (AvgIpc) is 2.54. The van der Waals surface area contributed by atoms with Crippen LogP contribution in [0.5, 0.6) is 0 Å². The first kappa shape index (κ1) is 16.4. The second-order valence-electron chi connectivity index (χ2n) is 5.00. The molecule has 0 fully saturated rings. The third-order valence-corrected chi connectivity index (χ3v) is 3.34. The third-order valence-electron chi connectivity index (χ3n) is 3.34. The highest BCUT2D eigenvalue weighted by molar-refractivity contribution is 5.77. The average molecular weight is 310 g/mol. The molecular weight excluding hydrogens is 292 g/mol. The van der Waals surface area contributed by atoms with Crippen molar-refractivity contribution in [1.29, 1.82) is 0 Å². The summed E-state index contributed by atoms with van der Waals surface area (Å²) < 4.78 is 1.98. The SMILES string of the molecule is O=c1c2ccccc2n(CC(O)CO)c(=O)n1CC(O)CO. The van der Waals surface area contributed by atoms with Crippen LogP contribution in [0.25, 0.3) is 10.9 Å². The number of nitrogens with zero attached hydrogens (tertiary/aromatic N) is 2. The predicted molar refractivity (Wildman–Crippen MR) is 78.7 cm³/mol. The van der Waals surface area contributed by atoms with E-state index in [0.717, 1.165) is 4.57 Å². The second-order valence-corrected chi connectivity index (χ2v) is 5.00. The number of hydrogen-bond donors (Lipinski definition) is 4. The molecule has 8 heteroatoms. The first-order valence-electron chi connectivity index (χ1n) is 6.79. The highest BCUT2D eigenvalue weighted by Gasteiger charge is 2.17. The van der Waals surface area contributed by atoms with Gasteiger partial charge in [0, 0.05) is 0 Å². The van der Waals surface area contributed by atoms with E-state index in [1.165, 1.54) is 10.6 Å². The van der Waals surface area contributed by atoms with Gasteiger partial charge in [-0.2, -0.15) is 0 Å². The Balaban J connectivity index is 2.70. The van der Waals surface area contributed by atoms with Crippen molar-refractivity contribution in [3.8, 4) is 0 Å². The molecule has 0 aliphatic heterocycles. The topological polar surface area (TPSA) is 125 Å². The molecule has 0 amide bonds. The molecular formula is C14H18N2O6. The molecule has 8 nitrogen and oxygen atoms in total. The molecule has 1 aromatic carbocycles. The Morgan fingerprint density at radius 1 is 0.909 bits per heavy atom. The molecule has 2 atom stereocenters. The first-order chi connectivity index (χ1) is 10.5. The summed E-state index contributed by atoms with van der Waals surface area (Å²) in [5.41, 5.74) is -0.966. The van der Waals surface area contributed by atoms with Gasteiger partial charge in [0.15, 0.2) is 0 Å². The van der Waals surface area contributed by atoms with Crippen molar-refractivity contribution in [3.05, 3.63) is 45.1 Å².